The van der Waals surface area contributed by atoms with Crippen LogP contribution in [-0.4, -0.2) is 40.5 Å². The van der Waals surface area contributed by atoms with Crippen LogP contribution < -0.4 is 0 Å². The van der Waals surface area contributed by atoms with Gasteiger partial charge in [0, 0.05) is 12.4 Å². The van der Waals surface area contributed by atoms with Crippen LogP contribution in [0.3, 0.4) is 0 Å². The third-order valence-electron chi connectivity index (χ3n) is 1.25. The Morgan fingerprint density at radius 2 is 1.06 bits per heavy atom. The summed E-state index contributed by atoms with van der Waals surface area (Å²) in [4.78, 5) is 9.86. The topological polar surface area (TPSA) is 132 Å². The van der Waals surface area contributed by atoms with Gasteiger partial charge in [-0.05, 0) is 23.7 Å². The fourth-order valence-corrected chi connectivity index (χ4v) is 0.896. The van der Waals surface area contributed by atoms with Crippen LogP contribution in [-0.2, 0) is 0 Å². The smallest absolute Gasteiger partial charge is 0.213 e. The van der Waals surface area contributed by atoms with Gasteiger partial charge in [0.1, 0.15) is 11.0 Å². The normalized spacial score (nSPS) is 8.44. The van der Waals surface area contributed by atoms with E-state index in [4.69, 9.17) is 0 Å². The summed E-state index contributed by atoms with van der Waals surface area (Å²) in [6, 6.07) is 0. The third kappa shape index (κ3) is 96.4. The quantitative estimate of drug-likeness (QED) is 0.244. The summed E-state index contributed by atoms with van der Waals surface area (Å²) in [7, 11) is 0. The number of nitrogens with zero attached hydrogens (tertiary/aromatic N) is 7. The molecule has 11 heteroatoms. The van der Waals surface area contributed by atoms with E-state index in [2.05, 4.69) is 133 Å². The van der Waals surface area contributed by atoms with E-state index in [9.17, 15) is 0 Å². The van der Waals surface area contributed by atoms with Crippen molar-refractivity contribution in [2.75, 3.05) is 0 Å². The van der Waals surface area contributed by atoms with E-state index in [1.54, 1.807) is 29.7 Å². The zero-order valence-corrected chi connectivity index (χ0v) is 25.2. The largest absolute Gasteiger partial charge is 0.431 e. The van der Waals surface area contributed by atoms with Gasteiger partial charge < -0.3 is 13.9 Å². The summed E-state index contributed by atoms with van der Waals surface area (Å²) in [6.07, 6.45) is 10.2. The molecule has 0 unspecified atom stereocenters. The lowest BCUT2D eigenvalue weighted by Crippen LogP contribution is -1.66. The molecule has 0 atom stereocenters. The molecule has 0 saturated carbocycles. The molecule has 1 N–H and O–H groups in total. The summed E-state index contributed by atoms with van der Waals surface area (Å²) in [5.74, 6) is 3.33. The molecule has 4 aromatic heterocycles. The van der Waals surface area contributed by atoms with Gasteiger partial charge in [-0.25, -0.2) is 9.97 Å². The highest BCUT2D eigenvalue weighted by atomic mass is 32.1. The van der Waals surface area contributed by atoms with Crippen LogP contribution >= 0.6 is 11.3 Å². The fraction of sp³-hybridized carbons (Fsp3) is 0.640. The standard InChI is InChI=1S/4C4H10.C3H4N2.2C2H2N2O.C2H2N2S/c4*1-4(2)3;1-2-5-3-4-1;1-3-4-2-5-1;1-3-2-5-4-1;1-3-4-2-5-1/h4*4H,1-3H3;1-3H,(H,4,5);3*1-2H. The Balaban J connectivity index is -0.000000163. The Labute approximate surface area is 222 Å². The van der Waals surface area contributed by atoms with Crippen molar-refractivity contribution < 1.29 is 8.94 Å². The van der Waals surface area contributed by atoms with Crippen molar-refractivity contribution in [2.24, 2.45) is 23.7 Å². The van der Waals surface area contributed by atoms with E-state index < -0.39 is 0 Å². The summed E-state index contributed by atoms with van der Waals surface area (Å²) < 4.78 is 8.58. The van der Waals surface area contributed by atoms with Crippen molar-refractivity contribution in [1.29, 1.82) is 0 Å². The maximum Gasteiger partial charge on any atom is 0.213 e. The average molecular weight is 527 g/mol. The number of hydrogen-bond donors (Lipinski definition) is 1. The van der Waals surface area contributed by atoms with E-state index >= 15 is 0 Å². The lowest BCUT2D eigenvalue weighted by molar-refractivity contribution is 0.416. The molecule has 0 spiro atoms. The van der Waals surface area contributed by atoms with Crippen LogP contribution in [0, 0.1) is 23.7 Å². The molecule has 0 radical (unpaired) electrons. The molecule has 0 bridgehead atoms. The van der Waals surface area contributed by atoms with E-state index in [0.29, 0.717) is 0 Å². The maximum atomic E-state index is 4.36. The summed E-state index contributed by atoms with van der Waals surface area (Å²) in [6.45, 7) is 26.0. The predicted molar refractivity (Wildman–Crippen MR) is 149 cm³/mol. The van der Waals surface area contributed by atoms with Crippen LogP contribution in [0.2, 0.25) is 0 Å². The zero-order chi connectivity index (χ0) is 28.5. The SMILES string of the molecule is CC(C)C.CC(C)C.CC(C)C.CC(C)C.c1c[nH]cn1.c1ncon1.c1nnco1.c1nncs1. The first-order valence-corrected chi connectivity index (χ1v) is 12.9. The molecule has 0 aliphatic rings. The van der Waals surface area contributed by atoms with Gasteiger partial charge in [-0.1, -0.05) is 88.2 Å². The summed E-state index contributed by atoms with van der Waals surface area (Å²) in [5, 5.41) is 16.8. The second-order valence-corrected chi connectivity index (χ2v) is 10.1. The highest BCUT2D eigenvalue weighted by Crippen LogP contribution is 1.82. The number of hydrogen-bond acceptors (Lipinski definition) is 10. The van der Waals surface area contributed by atoms with Crippen LogP contribution in [0.1, 0.15) is 83.1 Å². The highest BCUT2D eigenvalue weighted by molar-refractivity contribution is 7.07. The molecule has 10 nitrogen and oxygen atoms in total. The Morgan fingerprint density at radius 3 is 1.17 bits per heavy atom. The molecule has 0 aliphatic heterocycles. The molecule has 0 aliphatic carbocycles. The molecule has 0 aromatic carbocycles. The average Bonchev–Trinajstić information content (AvgIpc) is 3.60. The first-order valence-electron chi connectivity index (χ1n) is 11.9. The monoisotopic (exact) mass is 526 g/mol. The van der Waals surface area contributed by atoms with E-state index in [0.717, 1.165) is 23.7 Å². The minimum atomic E-state index is 0.833. The fourth-order valence-electron chi connectivity index (χ4n) is 0.623. The first kappa shape index (κ1) is 40.2. The van der Waals surface area contributed by atoms with Gasteiger partial charge in [0.15, 0.2) is 6.33 Å². The second-order valence-electron chi connectivity index (χ2n) is 9.43. The van der Waals surface area contributed by atoms with Gasteiger partial charge >= 0.3 is 0 Å². The minimum absolute atomic E-state index is 0.833. The van der Waals surface area contributed by atoms with Crippen molar-refractivity contribution in [3.8, 4) is 0 Å². The molecular weight excluding hydrogens is 476 g/mol. The molecule has 0 amide bonds. The van der Waals surface area contributed by atoms with Gasteiger partial charge in [0.05, 0.1) is 6.33 Å². The second kappa shape index (κ2) is 36.6. The molecule has 36 heavy (non-hydrogen) atoms. The third-order valence-corrected chi connectivity index (χ3v) is 1.69. The predicted octanol–water partition coefficient (Wildman–Crippen LogP) is 7.74. The van der Waals surface area contributed by atoms with Gasteiger partial charge in [0.25, 0.3) is 0 Å². The Hall–Kier alpha value is -2.95. The highest BCUT2D eigenvalue weighted by Gasteiger charge is 1.69. The Bertz CT molecular complexity index is 508. The molecule has 4 rings (SSSR count). The first-order chi connectivity index (χ1) is 16.9. The summed E-state index contributed by atoms with van der Waals surface area (Å²) >= 11 is 1.49. The van der Waals surface area contributed by atoms with Crippen molar-refractivity contribution in [3.63, 3.8) is 0 Å². The Morgan fingerprint density at radius 1 is 0.611 bits per heavy atom. The number of imidazole rings is 1. The van der Waals surface area contributed by atoms with Crippen molar-refractivity contribution in [2.45, 2.75) is 83.1 Å². The maximum absolute atomic E-state index is 4.36. The molecule has 4 heterocycles. The number of H-pyrrole nitrogens is 1. The van der Waals surface area contributed by atoms with E-state index in [1.807, 2.05) is 0 Å². The zero-order valence-electron chi connectivity index (χ0n) is 24.4. The van der Waals surface area contributed by atoms with Crippen LogP contribution in [0.25, 0.3) is 0 Å². The lowest BCUT2D eigenvalue weighted by atomic mass is 10.3. The van der Waals surface area contributed by atoms with Crippen LogP contribution in [0.15, 0.2) is 64.2 Å². The van der Waals surface area contributed by atoms with Gasteiger partial charge in [-0.2, -0.15) is 0 Å². The molecule has 0 saturated heterocycles. The van der Waals surface area contributed by atoms with Crippen molar-refractivity contribution in [1.82, 2.24) is 40.5 Å². The molecule has 0 fully saturated rings. The minimum Gasteiger partial charge on any atom is -0.431 e. The number of nitrogens with one attached hydrogen (secondary N) is 1. The van der Waals surface area contributed by atoms with Crippen LogP contribution in [0.4, 0.5) is 0 Å². The summed E-state index contributed by atoms with van der Waals surface area (Å²) in [5.41, 5.74) is 3.36. The lowest BCUT2D eigenvalue weighted by Gasteiger charge is -1.79. The molecule has 4 aromatic rings. The van der Waals surface area contributed by atoms with Gasteiger partial charge in [-0.15, -0.1) is 31.7 Å². The van der Waals surface area contributed by atoms with Crippen molar-refractivity contribution in [3.05, 3.63) is 55.3 Å². The molecule has 208 valence electrons. The van der Waals surface area contributed by atoms with Crippen molar-refractivity contribution >= 4 is 11.3 Å². The van der Waals surface area contributed by atoms with Crippen LogP contribution in [0.5, 0.6) is 0 Å². The molecular formula is C25H50N8O2S. The Kier molecular flexibility index (Phi) is 40.9. The van der Waals surface area contributed by atoms with E-state index in [1.165, 1.54) is 36.8 Å². The number of aromatic amines is 1. The number of rotatable bonds is 0. The number of aromatic nitrogens is 8. The van der Waals surface area contributed by atoms with Gasteiger partial charge in [-0.3, -0.25) is 0 Å². The van der Waals surface area contributed by atoms with Gasteiger partial charge in [0.2, 0.25) is 19.2 Å². The van der Waals surface area contributed by atoms with E-state index in [-0.39, 0.29) is 0 Å².